The van der Waals surface area contributed by atoms with Crippen LogP contribution in [0.15, 0.2) is 18.2 Å². The first kappa shape index (κ1) is 18.8. The summed E-state index contributed by atoms with van der Waals surface area (Å²) < 4.78 is 31.5. The fourth-order valence-electron chi connectivity index (χ4n) is 4.09. The number of rotatable bonds is 4. The third-order valence-corrected chi connectivity index (χ3v) is 5.65. The van der Waals surface area contributed by atoms with Gasteiger partial charge in [0.2, 0.25) is 5.91 Å². The van der Waals surface area contributed by atoms with Crippen LogP contribution in [-0.4, -0.2) is 54.5 Å². The Morgan fingerprint density at radius 2 is 1.85 bits per heavy atom. The van der Waals surface area contributed by atoms with Crippen molar-refractivity contribution in [3.05, 3.63) is 35.4 Å². The zero-order valence-electron chi connectivity index (χ0n) is 15.1. The Kier molecular flexibility index (Phi) is 5.27. The third-order valence-electron chi connectivity index (χ3n) is 5.65. The lowest BCUT2D eigenvalue weighted by Crippen LogP contribution is -2.48. The van der Waals surface area contributed by atoms with E-state index in [2.05, 4.69) is 4.90 Å². The van der Waals surface area contributed by atoms with Crippen molar-refractivity contribution in [3.63, 3.8) is 0 Å². The van der Waals surface area contributed by atoms with Gasteiger partial charge < -0.3 is 9.64 Å². The first-order valence-electron chi connectivity index (χ1n) is 8.86. The standard InChI is InChI=1S/C19H24F2N2O3/c1-13(18(25)26-2)22-5-3-19(4-6-22)10-17(24)23(12-19)11-14-7-15(20)9-16(21)8-14/h7-9,13H,3-6,10-12H2,1-2H3/t13-/m0/s1. The molecule has 0 unspecified atom stereocenters. The maximum Gasteiger partial charge on any atom is 0.322 e. The van der Waals surface area contributed by atoms with Crippen LogP contribution in [0.5, 0.6) is 0 Å². The van der Waals surface area contributed by atoms with Crippen molar-refractivity contribution in [1.29, 1.82) is 0 Å². The predicted molar refractivity (Wildman–Crippen MR) is 91.1 cm³/mol. The number of hydrogen-bond donors (Lipinski definition) is 0. The molecule has 0 radical (unpaired) electrons. The molecule has 0 N–H and O–H groups in total. The minimum Gasteiger partial charge on any atom is -0.468 e. The number of carbonyl (C=O) groups is 2. The number of benzene rings is 1. The van der Waals surface area contributed by atoms with E-state index in [1.165, 1.54) is 19.2 Å². The minimum absolute atomic E-state index is 0.0177. The van der Waals surface area contributed by atoms with Gasteiger partial charge in [-0.15, -0.1) is 0 Å². The van der Waals surface area contributed by atoms with Crippen molar-refractivity contribution in [2.45, 2.75) is 38.8 Å². The van der Waals surface area contributed by atoms with Gasteiger partial charge in [0.05, 0.1) is 7.11 Å². The first-order chi connectivity index (χ1) is 12.3. The maximum absolute atomic E-state index is 13.4. The zero-order chi connectivity index (χ0) is 18.9. The molecule has 142 valence electrons. The molecule has 2 fully saturated rings. The molecule has 1 spiro atoms. The summed E-state index contributed by atoms with van der Waals surface area (Å²) in [5.41, 5.74) is 0.347. The summed E-state index contributed by atoms with van der Waals surface area (Å²) in [4.78, 5) is 27.9. The van der Waals surface area contributed by atoms with Crippen LogP contribution in [0, 0.1) is 17.0 Å². The Balaban J connectivity index is 1.62. The summed E-state index contributed by atoms with van der Waals surface area (Å²) in [5.74, 6) is -1.50. The number of amides is 1. The van der Waals surface area contributed by atoms with E-state index in [4.69, 9.17) is 4.74 Å². The molecule has 3 rings (SSSR count). The number of halogens is 2. The lowest BCUT2D eigenvalue weighted by Gasteiger charge is -2.40. The smallest absolute Gasteiger partial charge is 0.322 e. The van der Waals surface area contributed by atoms with Crippen molar-refractivity contribution in [2.24, 2.45) is 5.41 Å². The highest BCUT2D eigenvalue weighted by Gasteiger charge is 2.45. The van der Waals surface area contributed by atoms with Crippen LogP contribution in [-0.2, 0) is 20.9 Å². The summed E-state index contributed by atoms with van der Waals surface area (Å²) in [5, 5.41) is 0. The van der Waals surface area contributed by atoms with E-state index in [1.807, 2.05) is 6.92 Å². The SMILES string of the molecule is COC(=O)[C@H](C)N1CCC2(CC1)CC(=O)N(Cc1cc(F)cc(F)c1)C2. The largest absolute Gasteiger partial charge is 0.468 e. The molecule has 1 aromatic rings. The van der Waals surface area contributed by atoms with Crippen LogP contribution in [0.3, 0.4) is 0 Å². The Morgan fingerprint density at radius 1 is 1.23 bits per heavy atom. The normalized spacial score (nSPS) is 21.2. The van der Waals surface area contributed by atoms with Crippen molar-refractivity contribution in [1.82, 2.24) is 9.80 Å². The van der Waals surface area contributed by atoms with Crippen molar-refractivity contribution < 1.29 is 23.1 Å². The van der Waals surface area contributed by atoms with Crippen molar-refractivity contribution >= 4 is 11.9 Å². The molecule has 2 aliphatic rings. The number of carbonyl (C=O) groups excluding carboxylic acids is 2. The Bertz CT molecular complexity index is 682. The van der Waals surface area contributed by atoms with Crippen LogP contribution >= 0.6 is 0 Å². The van der Waals surface area contributed by atoms with Crippen LogP contribution < -0.4 is 0 Å². The molecular formula is C19H24F2N2O3. The molecule has 0 bridgehead atoms. The van der Waals surface area contributed by atoms with Gasteiger partial charge >= 0.3 is 5.97 Å². The van der Waals surface area contributed by atoms with E-state index >= 15 is 0 Å². The maximum atomic E-state index is 13.4. The average Bonchev–Trinajstić information content (AvgIpc) is 2.88. The van der Waals surface area contributed by atoms with Crippen molar-refractivity contribution in [3.8, 4) is 0 Å². The molecule has 0 aromatic heterocycles. The zero-order valence-corrected chi connectivity index (χ0v) is 15.1. The molecule has 1 amide bonds. The minimum atomic E-state index is -0.633. The van der Waals surface area contributed by atoms with Gasteiger partial charge in [-0.05, 0) is 56.0 Å². The highest BCUT2D eigenvalue weighted by molar-refractivity contribution is 5.79. The Hall–Kier alpha value is -2.02. The second-order valence-electron chi connectivity index (χ2n) is 7.44. The Labute approximate surface area is 151 Å². The molecule has 7 heteroatoms. The average molecular weight is 366 g/mol. The van der Waals surface area contributed by atoms with Crippen LogP contribution in [0.25, 0.3) is 0 Å². The number of likely N-dealkylation sites (tertiary alicyclic amines) is 2. The van der Waals surface area contributed by atoms with E-state index in [0.29, 0.717) is 18.5 Å². The van der Waals surface area contributed by atoms with E-state index in [9.17, 15) is 18.4 Å². The highest BCUT2D eigenvalue weighted by atomic mass is 19.1. The highest BCUT2D eigenvalue weighted by Crippen LogP contribution is 2.41. The fourth-order valence-corrected chi connectivity index (χ4v) is 4.09. The second-order valence-corrected chi connectivity index (χ2v) is 7.44. The topological polar surface area (TPSA) is 49.9 Å². The van der Waals surface area contributed by atoms with Gasteiger partial charge in [0, 0.05) is 25.6 Å². The molecule has 26 heavy (non-hydrogen) atoms. The van der Waals surface area contributed by atoms with Gasteiger partial charge in [-0.2, -0.15) is 0 Å². The summed E-state index contributed by atoms with van der Waals surface area (Å²) >= 11 is 0. The second kappa shape index (κ2) is 7.31. The molecule has 1 aromatic carbocycles. The number of piperidine rings is 1. The summed E-state index contributed by atoms with van der Waals surface area (Å²) in [6, 6.07) is 3.07. The summed E-state index contributed by atoms with van der Waals surface area (Å²) in [6.07, 6.45) is 2.08. The quantitative estimate of drug-likeness (QED) is 0.768. The number of hydrogen-bond acceptors (Lipinski definition) is 4. The molecule has 1 atom stereocenters. The van der Waals surface area contributed by atoms with E-state index in [-0.39, 0.29) is 29.9 Å². The Morgan fingerprint density at radius 3 is 2.42 bits per heavy atom. The van der Waals surface area contributed by atoms with E-state index < -0.39 is 11.6 Å². The number of esters is 1. The van der Waals surface area contributed by atoms with Gasteiger partial charge in [-0.25, -0.2) is 8.78 Å². The number of nitrogens with zero attached hydrogens (tertiary/aromatic N) is 2. The van der Waals surface area contributed by atoms with Crippen LogP contribution in [0.2, 0.25) is 0 Å². The van der Waals surface area contributed by atoms with Gasteiger partial charge in [-0.3, -0.25) is 14.5 Å². The predicted octanol–water partition coefficient (Wildman–Crippen LogP) is 2.34. The molecule has 2 heterocycles. The molecule has 2 aliphatic heterocycles. The van der Waals surface area contributed by atoms with E-state index in [0.717, 1.165) is 32.0 Å². The summed E-state index contributed by atoms with van der Waals surface area (Å²) in [7, 11) is 1.38. The van der Waals surface area contributed by atoms with Crippen LogP contribution in [0.1, 0.15) is 31.7 Å². The van der Waals surface area contributed by atoms with Crippen molar-refractivity contribution in [2.75, 3.05) is 26.7 Å². The molecule has 5 nitrogen and oxygen atoms in total. The first-order valence-corrected chi connectivity index (χ1v) is 8.86. The van der Waals surface area contributed by atoms with Crippen LogP contribution in [0.4, 0.5) is 8.78 Å². The number of methoxy groups -OCH3 is 1. The lowest BCUT2D eigenvalue weighted by atomic mass is 9.77. The molecular weight excluding hydrogens is 342 g/mol. The van der Waals surface area contributed by atoms with Gasteiger partial charge in [-0.1, -0.05) is 0 Å². The van der Waals surface area contributed by atoms with Gasteiger partial charge in [0.15, 0.2) is 0 Å². The van der Waals surface area contributed by atoms with Gasteiger partial charge in [0.1, 0.15) is 17.7 Å². The monoisotopic (exact) mass is 366 g/mol. The molecule has 0 aliphatic carbocycles. The van der Waals surface area contributed by atoms with E-state index in [1.54, 1.807) is 4.90 Å². The lowest BCUT2D eigenvalue weighted by molar-refractivity contribution is -0.147. The van der Waals surface area contributed by atoms with Gasteiger partial charge in [0.25, 0.3) is 0 Å². The molecule has 2 saturated heterocycles. The number of ether oxygens (including phenoxy) is 1. The molecule has 0 saturated carbocycles. The third kappa shape index (κ3) is 3.87. The summed E-state index contributed by atoms with van der Waals surface area (Å²) in [6.45, 7) is 4.09. The fraction of sp³-hybridized carbons (Fsp3) is 0.579.